The summed E-state index contributed by atoms with van der Waals surface area (Å²) in [5.74, 6) is 0. The van der Waals surface area contributed by atoms with Crippen molar-refractivity contribution in [3.05, 3.63) is 33.8 Å². The summed E-state index contributed by atoms with van der Waals surface area (Å²) in [6.45, 7) is 2.37. The molecule has 1 aromatic carbocycles. The predicted molar refractivity (Wildman–Crippen MR) is 74.4 cm³/mol. The van der Waals surface area contributed by atoms with Gasteiger partial charge in [0.2, 0.25) is 0 Å². The maximum absolute atomic E-state index is 6.04. The molecule has 0 saturated carbocycles. The van der Waals surface area contributed by atoms with E-state index < -0.39 is 0 Å². The lowest BCUT2D eigenvalue weighted by molar-refractivity contribution is 0.103. The van der Waals surface area contributed by atoms with Crippen LogP contribution in [-0.4, -0.2) is 19.2 Å². The lowest BCUT2D eigenvalue weighted by Crippen LogP contribution is -2.26. The SMILES string of the molecule is Cl.Clc1ccc(Cl)c(COCC2CCCN2)c1. The van der Waals surface area contributed by atoms with E-state index in [1.807, 2.05) is 6.07 Å². The van der Waals surface area contributed by atoms with Gasteiger partial charge in [0, 0.05) is 16.1 Å². The average molecular weight is 297 g/mol. The lowest BCUT2D eigenvalue weighted by Gasteiger charge is -2.11. The van der Waals surface area contributed by atoms with E-state index in [2.05, 4.69) is 5.32 Å². The monoisotopic (exact) mass is 295 g/mol. The molecule has 2 rings (SSSR count). The second-order valence-electron chi connectivity index (χ2n) is 4.04. The molecule has 1 aliphatic heterocycles. The summed E-state index contributed by atoms with van der Waals surface area (Å²) in [7, 11) is 0. The van der Waals surface area contributed by atoms with Crippen molar-refractivity contribution in [3.63, 3.8) is 0 Å². The van der Waals surface area contributed by atoms with Gasteiger partial charge in [-0.2, -0.15) is 0 Å². The van der Waals surface area contributed by atoms with Crippen molar-refractivity contribution in [2.75, 3.05) is 13.2 Å². The Morgan fingerprint density at radius 3 is 2.88 bits per heavy atom. The van der Waals surface area contributed by atoms with Crippen molar-refractivity contribution in [2.24, 2.45) is 0 Å². The van der Waals surface area contributed by atoms with Crippen LogP contribution >= 0.6 is 35.6 Å². The normalized spacial score (nSPS) is 19.1. The average Bonchev–Trinajstić information content (AvgIpc) is 2.76. The van der Waals surface area contributed by atoms with Crippen molar-refractivity contribution >= 4 is 35.6 Å². The molecule has 17 heavy (non-hydrogen) atoms. The van der Waals surface area contributed by atoms with E-state index in [0.29, 0.717) is 22.7 Å². The molecular weight excluding hydrogens is 280 g/mol. The van der Waals surface area contributed by atoms with Crippen LogP contribution in [0.2, 0.25) is 10.0 Å². The maximum atomic E-state index is 6.04. The molecule has 1 atom stereocenters. The molecule has 1 saturated heterocycles. The third-order valence-corrected chi connectivity index (χ3v) is 3.35. The van der Waals surface area contributed by atoms with Gasteiger partial charge in [-0.05, 0) is 43.1 Å². The van der Waals surface area contributed by atoms with Crippen molar-refractivity contribution in [1.82, 2.24) is 5.32 Å². The first-order valence-electron chi connectivity index (χ1n) is 5.51. The zero-order valence-electron chi connectivity index (χ0n) is 9.42. The smallest absolute Gasteiger partial charge is 0.0732 e. The van der Waals surface area contributed by atoms with Crippen LogP contribution < -0.4 is 5.32 Å². The van der Waals surface area contributed by atoms with Crippen LogP contribution in [0, 0.1) is 0 Å². The molecule has 1 heterocycles. The summed E-state index contributed by atoms with van der Waals surface area (Å²) in [6.07, 6.45) is 2.44. The fourth-order valence-corrected chi connectivity index (χ4v) is 2.23. The number of hydrogen-bond acceptors (Lipinski definition) is 2. The van der Waals surface area contributed by atoms with Gasteiger partial charge in [0.25, 0.3) is 0 Å². The van der Waals surface area contributed by atoms with Crippen molar-refractivity contribution in [2.45, 2.75) is 25.5 Å². The molecule has 0 radical (unpaired) electrons. The van der Waals surface area contributed by atoms with Crippen LogP contribution in [0.25, 0.3) is 0 Å². The molecule has 1 N–H and O–H groups in total. The van der Waals surface area contributed by atoms with Crippen LogP contribution in [-0.2, 0) is 11.3 Å². The van der Waals surface area contributed by atoms with Crippen LogP contribution in [0.4, 0.5) is 0 Å². The second-order valence-corrected chi connectivity index (χ2v) is 4.89. The fourth-order valence-electron chi connectivity index (χ4n) is 1.86. The third kappa shape index (κ3) is 4.65. The topological polar surface area (TPSA) is 21.3 Å². The Morgan fingerprint density at radius 1 is 1.35 bits per heavy atom. The van der Waals surface area contributed by atoms with E-state index >= 15 is 0 Å². The van der Waals surface area contributed by atoms with E-state index in [1.165, 1.54) is 12.8 Å². The molecule has 0 aromatic heterocycles. The van der Waals surface area contributed by atoms with Crippen LogP contribution in [0.3, 0.4) is 0 Å². The van der Waals surface area contributed by atoms with Gasteiger partial charge in [-0.25, -0.2) is 0 Å². The highest BCUT2D eigenvalue weighted by molar-refractivity contribution is 6.33. The van der Waals surface area contributed by atoms with E-state index in [-0.39, 0.29) is 12.4 Å². The van der Waals surface area contributed by atoms with Crippen molar-refractivity contribution < 1.29 is 4.74 Å². The van der Waals surface area contributed by atoms with Crippen LogP contribution in [0.15, 0.2) is 18.2 Å². The van der Waals surface area contributed by atoms with Gasteiger partial charge in [-0.1, -0.05) is 23.2 Å². The molecule has 0 aliphatic carbocycles. The zero-order valence-corrected chi connectivity index (χ0v) is 11.7. The van der Waals surface area contributed by atoms with E-state index in [1.54, 1.807) is 12.1 Å². The summed E-state index contributed by atoms with van der Waals surface area (Å²) in [5, 5.41) is 4.79. The van der Waals surface area contributed by atoms with Crippen LogP contribution in [0.1, 0.15) is 18.4 Å². The first-order valence-corrected chi connectivity index (χ1v) is 6.26. The summed E-state index contributed by atoms with van der Waals surface area (Å²) < 4.78 is 5.63. The first kappa shape index (κ1) is 15.1. The Hall–Kier alpha value is 0.01000. The highest BCUT2D eigenvalue weighted by atomic mass is 35.5. The van der Waals surface area contributed by atoms with E-state index in [0.717, 1.165) is 18.7 Å². The Bertz CT molecular complexity index is 354. The molecule has 2 nitrogen and oxygen atoms in total. The number of ether oxygens (including phenoxy) is 1. The molecule has 0 spiro atoms. The zero-order chi connectivity index (χ0) is 11.4. The van der Waals surface area contributed by atoms with Gasteiger partial charge < -0.3 is 10.1 Å². The fraction of sp³-hybridized carbons (Fsp3) is 0.500. The van der Waals surface area contributed by atoms with E-state index in [9.17, 15) is 0 Å². The molecule has 0 amide bonds. The summed E-state index contributed by atoms with van der Waals surface area (Å²) in [4.78, 5) is 0. The molecule has 1 aromatic rings. The second kappa shape index (κ2) is 7.45. The largest absolute Gasteiger partial charge is 0.375 e. The minimum absolute atomic E-state index is 0. The summed E-state index contributed by atoms with van der Waals surface area (Å²) >= 11 is 11.9. The lowest BCUT2D eigenvalue weighted by atomic mass is 10.2. The Morgan fingerprint density at radius 2 is 2.18 bits per heavy atom. The van der Waals surface area contributed by atoms with Gasteiger partial charge in [0.05, 0.1) is 13.2 Å². The molecule has 96 valence electrons. The minimum atomic E-state index is 0. The van der Waals surface area contributed by atoms with Crippen LogP contribution in [0.5, 0.6) is 0 Å². The summed E-state index contributed by atoms with van der Waals surface area (Å²) in [6, 6.07) is 5.94. The molecule has 1 unspecified atom stereocenters. The van der Waals surface area contributed by atoms with E-state index in [4.69, 9.17) is 27.9 Å². The number of halogens is 3. The number of benzene rings is 1. The predicted octanol–water partition coefficient (Wildman–Crippen LogP) is 3.68. The minimum Gasteiger partial charge on any atom is -0.375 e. The quantitative estimate of drug-likeness (QED) is 0.915. The number of nitrogens with one attached hydrogen (secondary N) is 1. The standard InChI is InChI=1S/C12H15Cl2NO.ClH/c13-10-3-4-12(14)9(6-10)7-16-8-11-2-1-5-15-11;/h3-4,6,11,15H,1-2,5,7-8H2;1H. The van der Waals surface area contributed by atoms with Gasteiger partial charge in [-0.15, -0.1) is 12.4 Å². The highest BCUT2D eigenvalue weighted by Gasteiger charge is 2.13. The van der Waals surface area contributed by atoms with Gasteiger partial charge in [0.15, 0.2) is 0 Å². The molecule has 5 heteroatoms. The van der Waals surface area contributed by atoms with Gasteiger partial charge >= 0.3 is 0 Å². The Balaban J connectivity index is 0.00000144. The maximum Gasteiger partial charge on any atom is 0.0732 e. The number of rotatable bonds is 4. The molecule has 0 bridgehead atoms. The van der Waals surface area contributed by atoms with Gasteiger partial charge in [0.1, 0.15) is 0 Å². The van der Waals surface area contributed by atoms with Crippen molar-refractivity contribution in [1.29, 1.82) is 0 Å². The Kier molecular flexibility index (Phi) is 6.60. The molecule has 1 fully saturated rings. The Labute approximate surface area is 118 Å². The molecule has 1 aliphatic rings. The molecular formula is C12H16Cl3NO. The first-order chi connectivity index (χ1) is 7.75. The van der Waals surface area contributed by atoms with Crippen molar-refractivity contribution in [3.8, 4) is 0 Å². The third-order valence-electron chi connectivity index (χ3n) is 2.75. The van der Waals surface area contributed by atoms with Gasteiger partial charge in [-0.3, -0.25) is 0 Å². The number of hydrogen-bond donors (Lipinski definition) is 1. The highest BCUT2D eigenvalue weighted by Crippen LogP contribution is 2.21. The summed E-state index contributed by atoms with van der Waals surface area (Å²) in [5.41, 5.74) is 0.951.